The SMILES string of the molecule is CCCCCc1ccc(C(=O)O)c(CCCCC)c1C(N)=O. The van der Waals surface area contributed by atoms with Crippen LogP contribution in [0, 0.1) is 0 Å². The highest BCUT2D eigenvalue weighted by molar-refractivity contribution is 6.00. The van der Waals surface area contributed by atoms with Crippen LogP contribution in [-0.2, 0) is 12.8 Å². The molecule has 4 nitrogen and oxygen atoms in total. The second kappa shape index (κ2) is 9.23. The average Bonchev–Trinajstić information content (AvgIpc) is 2.47. The molecular weight excluding hydrogens is 278 g/mol. The molecule has 0 heterocycles. The predicted molar refractivity (Wildman–Crippen MR) is 88.4 cm³/mol. The number of rotatable bonds is 10. The Kier molecular flexibility index (Phi) is 7.64. The third-order valence-corrected chi connectivity index (χ3v) is 3.96. The van der Waals surface area contributed by atoms with Crippen LogP contribution in [0.3, 0.4) is 0 Å². The van der Waals surface area contributed by atoms with Crippen LogP contribution < -0.4 is 5.73 Å². The molecule has 0 fully saturated rings. The number of aryl methyl sites for hydroxylation is 1. The van der Waals surface area contributed by atoms with Crippen molar-refractivity contribution in [3.63, 3.8) is 0 Å². The number of carbonyl (C=O) groups is 2. The van der Waals surface area contributed by atoms with Crippen LogP contribution in [0.4, 0.5) is 0 Å². The van der Waals surface area contributed by atoms with Crippen molar-refractivity contribution in [2.24, 2.45) is 5.73 Å². The van der Waals surface area contributed by atoms with Gasteiger partial charge in [-0.25, -0.2) is 4.79 Å². The Labute approximate surface area is 132 Å². The summed E-state index contributed by atoms with van der Waals surface area (Å²) >= 11 is 0. The minimum absolute atomic E-state index is 0.212. The van der Waals surface area contributed by atoms with Gasteiger partial charge in [-0.15, -0.1) is 0 Å². The summed E-state index contributed by atoms with van der Waals surface area (Å²) in [5.41, 5.74) is 7.71. The molecule has 1 aromatic carbocycles. The topological polar surface area (TPSA) is 80.4 Å². The first-order valence-electron chi connectivity index (χ1n) is 8.20. The van der Waals surface area contributed by atoms with E-state index in [1.807, 2.05) is 0 Å². The van der Waals surface area contributed by atoms with Gasteiger partial charge in [-0.3, -0.25) is 4.79 Å². The van der Waals surface area contributed by atoms with E-state index in [1.165, 1.54) is 0 Å². The van der Waals surface area contributed by atoms with E-state index in [0.29, 0.717) is 17.5 Å². The monoisotopic (exact) mass is 305 g/mol. The number of nitrogens with two attached hydrogens (primary N) is 1. The Hall–Kier alpha value is -1.84. The molecule has 0 aliphatic rings. The molecule has 1 aromatic rings. The lowest BCUT2D eigenvalue weighted by Crippen LogP contribution is -2.19. The largest absolute Gasteiger partial charge is 0.478 e. The number of carboxylic acids is 1. The van der Waals surface area contributed by atoms with Gasteiger partial charge >= 0.3 is 5.97 Å². The molecule has 0 aromatic heterocycles. The van der Waals surface area contributed by atoms with Crippen molar-refractivity contribution < 1.29 is 14.7 Å². The minimum atomic E-state index is -0.992. The van der Waals surface area contributed by atoms with Crippen molar-refractivity contribution in [3.05, 3.63) is 34.4 Å². The molecule has 3 N–H and O–H groups in total. The van der Waals surface area contributed by atoms with Crippen molar-refractivity contribution in [2.75, 3.05) is 0 Å². The maximum absolute atomic E-state index is 11.9. The van der Waals surface area contributed by atoms with Gasteiger partial charge in [0.15, 0.2) is 0 Å². The second-order valence-electron chi connectivity index (χ2n) is 5.71. The molecule has 0 saturated carbocycles. The van der Waals surface area contributed by atoms with Crippen LogP contribution in [0.5, 0.6) is 0 Å². The van der Waals surface area contributed by atoms with E-state index in [1.54, 1.807) is 12.1 Å². The predicted octanol–water partition coefficient (Wildman–Crippen LogP) is 3.95. The summed E-state index contributed by atoms with van der Waals surface area (Å²) in [6, 6.07) is 3.37. The standard InChI is InChI=1S/C18H27NO3/c1-3-5-7-9-13-11-12-15(18(21)22)14(10-8-6-4-2)16(13)17(19)20/h11-12H,3-10H2,1-2H3,(H2,19,20)(H,21,22). The maximum atomic E-state index is 11.9. The fourth-order valence-electron chi connectivity index (χ4n) is 2.79. The summed E-state index contributed by atoms with van der Waals surface area (Å²) in [4.78, 5) is 23.4. The molecule has 0 spiro atoms. The number of primary amides is 1. The summed E-state index contributed by atoms with van der Waals surface area (Å²) in [7, 11) is 0. The molecule has 22 heavy (non-hydrogen) atoms. The Morgan fingerprint density at radius 1 is 1.00 bits per heavy atom. The summed E-state index contributed by atoms with van der Waals surface area (Å²) in [5, 5.41) is 9.38. The molecule has 4 heteroatoms. The smallest absolute Gasteiger partial charge is 0.335 e. The number of carboxylic acid groups (broad SMARTS) is 1. The van der Waals surface area contributed by atoms with Crippen LogP contribution in [-0.4, -0.2) is 17.0 Å². The molecule has 1 rings (SSSR count). The number of benzene rings is 1. The normalized spacial score (nSPS) is 10.6. The summed E-state index contributed by atoms with van der Waals surface area (Å²) in [6.07, 6.45) is 7.46. The fourth-order valence-corrected chi connectivity index (χ4v) is 2.79. The van der Waals surface area contributed by atoms with Crippen LogP contribution in [0.25, 0.3) is 0 Å². The van der Waals surface area contributed by atoms with Gasteiger partial charge in [-0.2, -0.15) is 0 Å². The lowest BCUT2D eigenvalue weighted by Gasteiger charge is -2.15. The third-order valence-electron chi connectivity index (χ3n) is 3.96. The molecule has 0 atom stereocenters. The molecule has 0 radical (unpaired) electrons. The van der Waals surface area contributed by atoms with Crippen LogP contribution >= 0.6 is 0 Å². The Bertz CT molecular complexity index is 523. The molecular formula is C18H27NO3. The molecule has 0 saturated heterocycles. The van der Waals surface area contributed by atoms with Crippen LogP contribution in [0.15, 0.2) is 12.1 Å². The Morgan fingerprint density at radius 2 is 1.59 bits per heavy atom. The van der Waals surface area contributed by atoms with Gasteiger partial charge in [0.2, 0.25) is 5.91 Å². The molecule has 0 aliphatic carbocycles. The Morgan fingerprint density at radius 3 is 2.09 bits per heavy atom. The van der Waals surface area contributed by atoms with Crippen molar-refractivity contribution >= 4 is 11.9 Å². The minimum Gasteiger partial charge on any atom is -0.478 e. The first kappa shape index (κ1) is 18.2. The van der Waals surface area contributed by atoms with E-state index in [2.05, 4.69) is 13.8 Å². The fraction of sp³-hybridized carbons (Fsp3) is 0.556. The van der Waals surface area contributed by atoms with Crippen molar-refractivity contribution in [2.45, 2.75) is 65.2 Å². The van der Waals surface area contributed by atoms with Gasteiger partial charge in [0.05, 0.1) is 5.56 Å². The number of carbonyl (C=O) groups excluding carboxylic acids is 1. The van der Waals surface area contributed by atoms with E-state index in [4.69, 9.17) is 5.73 Å². The highest BCUT2D eigenvalue weighted by Crippen LogP contribution is 2.24. The van der Waals surface area contributed by atoms with Crippen molar-refractivity contribution in [3.8, 4) is 0 Å². The van der Waals surface area contributed by atoms with Crippen LogP contribution in [0.2, 0.25) is 0 Å². The number of amides is 1. The first-order chi connectivity index (χ1) is 10.5. The molecule has 0 unspecified atom stereocenters. The van der Waals surface area contributed by atoms with Crippen LogP contribution in [0.1, 0.15) is 84.2 Å². The summed E-state index contributed by atoms with van der Waals surface area (Å²) < 4.78 is 0. The van der Waals surface area contributed by atoms with E-state index in [0.717, 1.165) is 50.5 Å². The second-order valence-corrected chi connectivity index (χ2v) is 5.71. The number of aromatic carboxylic acids is 1. The lowest BCUT2D eigenvalue weighted by atomic mass is 9.89. The van der Waals surface area contributed by atoms with Crippen molar-refractivity contribution in [1.29, 1.82) is 0 Å². The quantitative estimate of drug-likeness (QED) is 0.642. The zero-order chi connectivity index (χ0) is 16.5. The zero-order valence-electron chi connectivity index (χ0n) is 13.7. The molecule has 122 valence electrons. The van der Waals surface area contributed by atoms with Gasteiger partial charge in [0.1, 0.15) is 0 Å². The van der Waals surface area contributed by atoms with Crippen molar-refractivity contribution in [1.82, 2.24) is 0 Å². The Balaban J connectivity index is 3.21. The molecule has 0 aliphatic heterocycles. The van der Waals surface area contributed by atoms with Gasteiger partial charge < -0.3 is 10.8 Å². The number of unbranched alkanes of at least 4 members (excludes halogenated alkanes) is 4. The highest BCUT2D eigenvalue weighted by atomic mass is 16.4. The van der Waals surface area contributed by atoms with Gasteiger partial charge in [0, 0.05) is 5.56 Å². The van der Waals surface area contributed by atoms with E-state index < -0.39 is 11.9 Å². The lowest BCUT2D eigenvalue weighted by molar-refractivity contribution is 0.0695. The molecule has 0 bridgehead atoms. The number of hydrogen-bond acceptors (Lipinski definition) is 2. The van der Waals surface area contributed by atoms with E-state index in [-0.39, 0.29) is 5.56 Å². The highest BCUT2D eigenvalue weighted by Gasteiger charge is 2.20. The average molecular weight is 305 g/mol. The van der Waals surface area contributed by atoms with Gasteiger partial charge in [-0.05, 0) is 42.9 Å². The van der Waals surface area contributed by atoms with Gasteiger partial charge in [0.25, 0.3) is 0 Å². The summed E-state index contributed by atoms with van der Waals surface area (Å²) in [5.74, 6) is -1.50. The first-order valence-corrected chi connectivity index (χ1v) is 8.20. The zero-order valence-corrected chi connectivity index (χ0v) is 13.7. The third kappa shape index (κ3) is 4.86. The van der Waals surface area contributed by atoms with E-state index in [9.17, 15) is 14.7 Å². The molecule has 1 amide bonds. The van der Waals surface area contributed by atoms with Gasteiger partial charge in [-0.1, -0.05) is 45.6 Å². The maximum Gasteiger partial charge on any atom is 0.335 e. The summed E-state index contributed by atoms with van der Waals surface area (Å²) in [6.45, 7) is 4.22. The van der Waals surface area contributed by atoms with E-state index >= 15 is 0 Å². The number of hydrogen-bond donors (Lipinski definition) is 2.